The van der Waals surface area contributed by atoms with Gasteiger partial charge < -0.3 is 0 Å². The minimum atomic E-state index is -0.0922. The third-order valence-electron chi connectivity index (χ3n) is 2.89. The van der Waals surface area contributed by atoms with E-state index in [4.69, 9.17) is 0 Å². The summed E-state index contributed by atoms with van der Waals surface area (Å²) in [5, 5.41) is 0. The molecule has 3 heteroatoms. The molecule has 0 spiro atoms. The third-order valence-corrected chi connectivity index (χ3v) is 3.42. The van der Waals surface area contributed by atoms with Gasteiger partial charge in [-0.1, -0.05) is 48.8 Å². The minimum absolute atomic E-state index is 0.0922. The summed E-state index contributed by atoms with van der Waals surface area (Å²) < 4.78 is 0.995. The van der Waals surface area contributed by atoms with Crippen molar-refractivity contribution in [1.82, 2.24) is 4.90 Å². The average Bonchev–Trinajstić information content (AvgIpc) is 2.26. The monoisotopic (exact) mass is 311 g/mol. The van der Waals surface area contributed by atoms with Crippen molar-refractivity contribution in [2.75, 3.05) is 13.6 Å². The molecule has 1 aromatic carbocycles. The van der Waals surface area contributed by atoms with Crippen LogP contribution in [-0.2, 0) is 0 Å². The summed E-state index contributed by atoms with van der Waals surface area (Å²) in [6.07, 6.45) is 0. The molecule has 2 nitrogen and oxygen atoms in total. The molecule has 1 atom stereocenters. The average molecular weight is 312 g/mol. The van der Waals surface area contributed by atoms with Crippen LogP contribution >= 0.6 is 15.9 Å². The van der Waals surface area contributed by atoms with E-state index in [-0.39, 0.29) is 17.2 Å². The number of likely N-dealkylation sites (N-methyl/N-ethyl adjacent to an activating group) is 1. The first-order chi connectivity index (χ1) is 8.20. The zero-order valence-electron chi connectivity index (χ0n) is 11.8. The Hall–Kier alpha value is -0.670. The summed E-state index contributed by atoms with van der Waals surface area (Å²) in [4.78, 5) is 14.4. The molecule has 0 radical (unpaired) electrons. The molecule has 0 bridgehead atoms. The van der Waals surface area contributed by atoms with E-state index >= 15 is 0 Å². The van der Waals surface area contributed by atoms with Crippen LogP contribution in [0.25, 0.3) is 0 Å². The van der Waals surface area contributed by atoms with Crippen molar-refractivity contribution in [3.8, 4) is 0 Å². The van der Waals surface area contributed by atoms with Gasteiger partial charge in [-0.05, 0) is 31.5 Å². The molecular formula is C15H22BrNO. The van der Waals surface area contributed by atoms with Gasteiger partial charge in [-0.2, -0.15) is 0 Å². The molecule has 0 amide bonds. The lowest BCUT2D eigenvalue weighted by Crippen LogP contribution is -2.40. The SMILES string of the molecule is CC(C(=O)c1ccc(Br)cc1)N(C)CC(C)(C)C. The standard InChI is InChI=1S/C15H22BrNO/c1-11(17(5)10-15(2,3)4)14(18)12-6-8-13(16)9-7-12/h6-9,11H,10H2,1-5H3. The molecule has 0 saturated carbocycles. The normalized spacial score (nSPS) is 13.7. The van der Waals surface area contributed by atoms with Crippen molar-refractivity contribution in [3.63, 3.8) is 0 Å². The van der Waals surface area contributed by atoms with Crippen molar-refractivity contribution in [2.24, 2.45) is 5.41 Å². The van der Waals surface area contributed by atoms with Crippen LogP contribution in [0, 0.1) is 5.41 Å². The zero-order chi connectivity index (χ0) is 13.9. The van der Waals surface area contributed by atoms with E-state index in [1.54, 1.807) is 0 Å². The van der Waals surface area contributed by atoms with Crippen LogP contribution in [0.4, 0.5) is 0 Å². The first-order valence-corrected chi connectivity index (χ1v) is 7.00. The van der Waals surface area contributed by atoms with Crippen LogP contribution in [0.3, 0.4) is 0 Å². The number of halogens is 1. The maximum Gasteiger partial charge on any atom is 0.179 e. The summed E-state index contributed by atoms with van der Waals surface area (Å²) in [6, 6.07) is 7.46. The molecule has 0 aliphatic rings. The lowest BCUT2D eigenvalue weighted by molar-refractivity contribution is 0.0831. The molecule has 1 aromatic rings. The van der Waals surface area contributed by atoms with Crippen LogP contribution < -0.4 is 0 Å². The number of benzene rings is 1. The van der Waals surface area contributed by atoms with Crippen molar-refractivity contribution in [1.29, 1.82) is 0 Å². The highest BCUT2D eigenvalue weighted by molar-refractivity contribution is 9.10. The Kier molecular flexibility index (Phi) is 5.11. The molecule has 0 aliphatic carbocycles. The fraction of sp³-hybridized carbons (Fsp3) is 0.533. The topological polar surface area (TPSA) is 20.3 Å². The molecule has 0 N–H and O–H groups in total. The number of nitrogens with zero attached hydrogens (tertiary/aromatic N) is 1. The van der Waals surface area contributed by atoms with E-state index in [1.165, 1.54) is 0 Å². The second-order valence-corrected chi connectivity index (χ2v) is 6.94. The summed E-state index contributed by atoms with van der Waals surface area (Å²) >= 11 is 3.38. The van der Waals surface area contributed by atoms with E-state index in [0.717, 1.165) is 16.6 Å². The van der Waals surface area contributed by atoms with Gasteiger partial charge in [0.2, 0.25) is 0 Å². The zero-order valence-corrected chi connectivity index (χ0v) is 13.4. The summed E-state index contributed by atoms with van der Waals surface area (Å²) in [5.41, 5.74) is 0.967. The molecule has 0 heterocycles. The van der Waals surface area contributed by atoms with E-state index in [0.29, 0.717) is 0 Å². The Morgan fingerprint density at radius 3 is 2.22 bits per heavy atom. The number of carbonyl (C=O) groups is 1. The van der Waals surface area contributed by atoms with Crippen LogP contribution in [0.5, 0.6) is 0 Å². The number of Topliss-reactive ketones (excluding diaryl/α,β-unsaturated/α-hetero) is 1. The van der Waals surface area contributed by atoms with Gasteiger partial charge in [0.15, 0.2) is 5.78 Å². The maximum absolute atomic E-state index is 12.3. The highest BCUT2D eigenvalue weighted by atomic mass is 79.9. The number of rotatable bonds is 4. The van der Waals surface area contributed by atoms with Crippen LogP contribution in [0.1, 0.15) is 38.1 Å². The summed E-state index contributed by atoms with van der Waals surface area (Å²) in [6.45, 7) is 9.41. The smallest absolute Gasteiger partial charge is 0.179 e. The van der Waals surface area contributed by atoms with E-state index in [9.17, 15) is 4.79 Å². The Morgan fingerprint density at radius 2 is 1.78 bits per heavy atom. The summed E-state index contributed by atoms with van der Waals surface area (Å²) in [7, 11) is 2.01. The first-order valence-electron chi connectivity index (χ1n) is 6.21. The van der Waals surface area contributed by atoms with Gasteiger partial charge in [-0.25, -0.2) is 0 Å². The van der Waals surface area contributed by atoms with Gasteiger partial charge in [0.05, 0.1) is 6.04 Å². The fourth-order valence-corrected chi connectivity index (χ4v) is 2.20. The largest absolute Gasteiger partial charge is 0.296 e. The molecular weight excluding hydrogens is 290 g/mol. The first kappa shape index (κ1) is 15.4. The van der Waals surface area contributed by atoms with Crippen molar-refractivity contribution in [3.05, 3.63) is 34.3 Å². The lowest BCUT2D eigenvalue weighted by Gasteiger charge is -2.30. The fourth-order valence-electron chi connectivity index (χ4n) is 1.94. The number of ketones is 1. The van der Waals surface area contributed by atoms with Crippen molar-refractivity contribution >= 4 is 21.7 Å². The minimum Gasteiger partial charge on any atom is -0.296 e. The van der Waals surface area contributed by atoms with Gasteiger partial charge >= 0.3 is 0 Å². The van der Waals surface area contributed by atoms with E-state index in [2.05, 4.69) is 41.6 Å². The van der Waals surface area contributed by atoms with Gasteiger partial charge in [-0.3, -0.25) is 9.69 Å². The predicted molar refractivity (Wildman–Crippen MR) is 80.0 cm³/mol. The number of hydrogen-bond donors (Lipinski definition) is 0. The highest BCUT2D eigenvalue weighted by Gasteiger charge is 2.23. The second kappa shape index (κ2) is 5.98. The van der Waals surface area contributed by atoms with Crippen LogP contribution in [-0.4, -0.2) is 30.3 Å². The Balaban J connectivity index is 2.75. The highest BCUT2D eigenvalue weighted by Crippen LogP contribution is 2.18. The third kappa shape index (κ3) is 4.54. The molecule has 1 rings (SSSR count). The van der Waals surface area contributed by atoms with Crippen LogP contribution in [0.15, 0.2) is 28.7 Å². The maximum atomic E-state index is 12.3. The number of hydrogen-bond acceptors (Lipinski definition) is 2. The molecule has 0 fully saturated rings. The van der Waals surface area contributed by atoms with Gasteiger partial charge in [0.1, 0.15) is 0 Å². The molecule has 1 unspecified atom stereocenters. The Labute approximate surface area is 119 Å². The van der Waals surface area contributed by atoms with E-state index < -0.39 is 0 Å². The van der Waals surface area contributed by atoms with Gasteiger partial charge in [0.25, 0.3) is 0 Å². The Morgan fingerprint density at radius 1 is 1.28 bits per heavy atom. The molecule has 18 heavy (non-hydrogen) atoms. The predicted octanol–water partition coefficient (Wildman–Crippen LogP) is 4.00. The van der Waals surface area contributed by atoms with Crippen LogP contribution in [0.2, 0.25) is 0 Å². The van der Waals surface area contributed by atoms with Gasteiger partial charge in [0, 0.05) is 16.6 Å². The van der Waals surface area contributed by atoms with Crippen molar-refractivity contribution < 1.29 is 4.79 Å². The van der Waals surface area contributed by atoms with E-state index in [1.807, 2.05) is 38.2 Å². The van der Waals surface area contributed by atoms with Gasteiger partial charge in [-0.15, -0.1) is 0 Å². The Bertz CT molecular complexity index is 405. The quantitative estimate of drug-likeness (QED) is 0.783. The number of carbonyl (C=O) groups excluding carboxylic acids is 1. The van der Waals surface area contributed by atoms with Crippen molar-refractivity contribution in [2.45, 2.75) is 33.7 Å². The molecule has 0 saturated heterocycles. The second-order valence-electron chi connectivity index (χ2n) is 6.02. The summed E-state index contributed by atoms with van der Waals surface area (Å²) in [5.74, 6) is 0.175. The molecule has 0 aromatic heterocycles. The lowest BCUT2D eigenvalue weighted by atomic mass is 9.94. The molecule has 0 aliphatic heterocycles. The molecule has 100 valence electrons.